The summed E-state index contributed by atoms with van der Waals surface area (Å²) in [7, 11) is 3.29. The Morgan fingerprint density at radius 3 is 2.68 bits per heavy atom. The fourth-order valence-corrected chi connectivity index (χ4v) is 5.85. The first-order valence-electron chi connectivity index (χ1n) is 13.1. The SMILES string of the molecule is COCC(=O)O[C@]1(CCN(C)CCCc2nc3ccccc3[nH]2)CC(F)(F)c2cc(F)ccc2[C@@H]1C(C)C. The van der Waals surface area contributed by atoms with Gasteiger partial charge in [0.25, 0.3) is 5.92 Å². The van der Waals surface area contributed by atoms with Gasteiger partial charge in [0, 0.05) is 38.0 Å². The second-order valence-electron chi connectivity index (χ2n) is 10.7. The first-order valence-corrected chi connectivity index (χ1v) is 13.1. The third-order valence-electron chi connectivity index (χ3n) is 7.39. The summed E-state index contributed by atoms with van der Waals surface area (Å²) in [5.74, 6) is -4.51. The van der Waals surface area contributed by atoms with Crippen LogP contribution in [0.5, 0.6) is 0 Å². The summed E-state index contributed by atoms with van der Waals surface area (Å²) in [6, 6.07) is 11.4. The summed E-state index contributed by atoms with van der Waals surface area (Å²) in [4.78, 5) is 22.6. The van der Waals surface area contributed by atoms with Crippen molar-refractivity contribution in [3.05, 3.63) is 65.2 Å². The van der Waals surface area contributed by atoms with Crippen LogP contribution in [-0.4, -0.2) is 60.3 Å². The molecule has 1 aliphatic carbocycles. The van der Waals surface area contributed by atoms with E-state index >= 15 is 8.78 Å². The Hall–Kier alpha value is -2.91. The van der Waals surface area contributed by atoms with Gasteiger partial charge in [0.2, 0.25) is 0 Å². The number of ether oxygens (including phenoxy) is 2. The molecule has 0 unspecified atom stereocenters. The van der Waals surface area contributed by atoms with E-state index in [-0.39, 0.29) is 24.5 Å². The third-order valence-corrected chi connectivity index (χ3v) is 7.39. The van der Waals surface area contributed by atoms with Crippen LogP contribution in [0.2, 0.25) is 0 Å². The monoisotopic (exact) mass is 531 g/mol. The number of carbonyl (C=O) groups is 1. The average Bonchev–Trinajstić information content (AvgIpc) is 3.26. The largest absolute Gasteiger partial charge is 0.456 e. The van der Waals surface area contributed by atoms with Gasteiger partial charge in [-0.05, 0) is 55.8 Å². The van der Waals surface area contributed by atoms with Gasteiger partial charge in [0.05, 0.1) is 17.5 Å². The second kappa shape index (κ2) is 11.5. The number of fused-ring (bicyclic) bond motifs is 2. The second-order valence-corrected chi connectivity index (χ2v) is 10.7. The lowest BCUT2D eigenvalue weighted by Crippen LogP contribution is -2.52. The highest BCUT2D eigenvalue weighted by atomic mass is 19.3. The predicted molar refractivity (Wildman–Crippen MR) is 140 cm³/mol. The van der Waals surface area contributed by atoms with Crippen LogP contribution < -0.4 is 0 Å². The van der Waals surface area contributed by atoms with Crippen LogP contribution >= 0.6 is 0 Å². The third kappa shape index (κ3) is 6.04. The first-order chi connectivity index (χ1) is 18.0. The maximum absolute atomic E-state index is 15.5. The fraction of sp³-hybridized carbons (Fsp3) is 0.517. The molecule has 2 atom stereocenters. The minimum Gasteiger partial charge on any atom is -0.456 e. The number of hydrogen-bond donors (Lipinski definition) is 1. The number of aromatic nitrogens is 2. The molecule has 0 bridgehead atoms. The zero-order valence-electron chi connectivity index (χ0n) is 22.4. The average molecular weight is 532 g/mol. The molecule has 1 aromatic heterocycles. The molecular weight excluding hydrogens is 495 g/mol. The van der Waals surface area contributed by atoms with E-state index in [0.29, 0.717) is 18.7 Å². The fourth-order valence-electron chi connectivity index (χ4n) is 5.85. The quantitative estimate of drug-likeness (QED) is 0.316. The van der Waals surface area contributed by atoms with E-state index in [2.05, 4.69) is 14.9 Å². The van der Waals surface area contributed by atoms with E-state index in [0.717, 1.165) is 35.8 Å². The lowest BCUT2D eigenvalue weighted by molar-refractivity contribution is -0.188. The summed E-state index contributed by atoms with van der Waals surface area (Å²) < 4.78 is 55.9. The van der Waals surface area contributed by atoms with Crippen molar-refractivity contribution in [1.82, 2.24) is 14.9 Å². The molecule has 1 aliphatic rings. The number of alkyl halides is 2. The molecule has 1 N–H and O–H groups in total. The highest BCUT2D eigenvalue weighted by Crippen LogP contribution is 2.55. The highest BCUT2D eigenvalue weighted by Gasteiger charge is 2.57. The maximum Gasteiger partial charge on any atom is 0.332 e. The first kappa shape index (κ1) is 28.1. The van der Waals surface area contributed by atoms with Crippen molar-refractivity contribution in [2.45, 2.75) is 57.0 Å². The molecule has 206 valence electrons. The number of nitrogens with one attached hydrogen (secondary N) is 1. The number of esters is 1. The van der Waals surface area contributed by atoms with E-state index < -0.39 is 35.6 Å². The van der Waals surface area contributed by atoms with Crippen molar-refractivity contribution in [2.24, 2.45) is 5.92 Å². The van der Waals surface area contributed by atoms with Crippen LogP contribution in [0.15, 0.2) is 42.5 Å². The van der Waals surface area contributed by atoms with Crippen molar-refractivity contribution in [3.8, 4) is 0 Å². The van der Waals surface area contributed by atoms with Gasteiger partial charge in [-0.1, -0.05) is 32.0 Å². The number of benzene rings is 2. The van der Waals surface area contributed by atoms with Crippen molar-refractivity contribution < 1.29 is 27.4 Å². The van der Waals surface area contributed by atoms with E-state index in [1.54, 1.807) is 0 Å². The number of hydrogen-bond acceptors (Lipinski definition) is 5. The van der Waals surface area contributed by atoms with Gasteiger partial charge in [0.1, 0.15) is 23.8 Å². The number of halogens is 3. The standard InChI is InChI=1S/C29H36F3N3O3/c1-19(2)27-21-12-11-20(30)16-22(21)29(31,32)18-28(27,38-26(36)17-37-4)13-15-35(3)14-7-10-25-33-23-8-5-6-9-24(23)34-25/h5-6,8-9,11-12,16,19,27H,7,10,13-15,17-18H2,1-4H3,(H,33,34)/t27-,28+/m0/s1. The Morgan fingerprint density at radius 2 is 1.97 bits per heavy atom. The van der Waals surface area contributed by atoms with Crippen LogP contribution in [0, 0.1) is 11.7 Å². The number of rotatable bonds is 11. The Morgan fingerprint density at radius 1 is 1.21 bits per heavy atom. The Balaban J connectivity index is 1.51. The molecule has 0 fully saturated rings. The molecule has 0 radical (unpaired) electrons. The molecule has 3 aromatic rings. The van der Waals surface area contributed by atoms with Gasteiger partial charge in [-0.25, -0.2) is 22.9 Å². The molecule has 0 aliphatic heterocycles. The topological polar surface area (TPSA) is 67.5 Å². The molecule has 2 aromatic carbocycles. The number of carbonyl (C=O) groups excluding carboxylic acids is 1. The molecule has 6 nitrogen and oxygen atoms in total. The lowest BCUT2D eigenvalue weighted by Gasteiger charge is -2.49. The normalized spacial score (nSPS) is 20.7. The number of aromatic amines is 1. The highest BCUT2D eigenvalue weighted by molar-refractivity contribution is 5.74. The summed E-state index contributed by atoms with van der Waals surface area (Å²) in [5.41, 5.74) is 0.456. The van der Waals surface area contributed by atoms with Crippen LogP contribution in [0.4, 0.5) is 13.2 Å². The van der Waals surface area contributed by atoms with E-state index in [1.807, 2.05) is 45.2 Å². The van der Waals surface area contributed by atoms with Crippen LogP contribution in [0.3, 0.4) is 0 Å². The number of imidazole rings is 1. The van der Waals surface area contributed by atoms with E-state index in [1.165, 1.54) is 19.2 Å². The van der Waals surface area contributed by atoms with Crippen LogP contribution in [-0.2, 0) is 26.6 Å². The molecular formula is C29H36F3N3O3. The zero-order valence-corrected chi connectivity index (χ0v) is 22.4. The van der Waals surface area contributed by atoms with Gasteiger partial charge in [0.15, 0.2) is 0 Å². The molecule has 0 spiro atoms. The molecule has 0 saturated carbocycles. The minimum atomic E-state index is -3.35. The van der Waals surface area contributed by atoms with Gasteiger partial charge < -0.3 is 19.4 Å². The van der Waals surface area contributed by atoms with E-state index in [4.69, 9.17) is 9.47 Å². The van der Waals surface area contributed by atoms with Gasteiger partial charge in [-0.3, -0.25) is 0 Å². The van der Waals surface area contributed by atoms with E-state index in [9.17, 15) is 9.18 Å². The Kier molecular flexibility index (Phi) is 8.47. The molecule has 38 heavy (non-hydrogen) atoms. The minimum absolute atomic E-state index is 0.135. The zero-order chi connectivity index (χ0) is 27.5. The maximum atomic E-state index is 15.5. The van der Waals surface area contributed by atoms with Crippen molar-refractivity contribution in [1.29, 1.82) is 0 Å². The number of methoxy groups -OCH3 is 1. The van der Waals surface area contributed by atoms with Gasteiger partial charge in [-0.2, -0.15) is 0 Å². The van der Waals surface area contributed by atoms with Crippen molar-refractivity contribution in [2.75, 3.05) is 33.9 Å². The molecule has 0 saturated heterocycles. The summed E-state index contributed by atoms with van der Waals surface area (Å²) in [6.45, 7) is 4.65. The Labute approximate surface area is 221 Å². The smallest absolute Gasteiger partial charge is 0.332 e. The van der Waals surface area contributed by atoms with Gasteiger partial charge in [-0.15, -0.1) is 0 Å². The van der Waals surface area contributed by atoms with Crippen molar-refractivity contribution >= 4 is 17.0 Å². The number of para-hydroxylation sites is 2. The molecule has 4 rings (SSSR count). The Bertz CT molecular complexity index is 1230. The van der Waals surface area contributed by atoms with Gasteiger partial charge >= 0.3 is 5.97 Å². The number of aryl methyl sites for hydroxylation is 1. The molecule has 1 heterocycles. The molecule has 0 amide bonds. The summed E-state index contributed by atoms with van der Waals surface area (Å²) in [6.07, 6.45) is 1.07. The van der Waals surface area contributed by atoms with Crippen molar-refractivity contribution in [3.63, 3.8) is 0 Å². The lowest BCUT2D eigenvalue weighted by atomic mass is 9.64. The van der Waals surface area contributed by atoms with Crippen LogP contribution in [0.1, 0.15) is 56.0 Å². The van der Waals surface area contributed by atoms with Crippen LogP contribution in [0.25, 0.3) is 11.0 Å². The number of H-pyrrole nitrogens is 1. The predicted octanol–water partition coefficient (Wildman–Crippen LogP) is 5.82. The molecule has 9 heteroatoms. The summed E-state index contributed by atoms with van der Waals surface area (Å²) in [5, 5.41) is 0. The summed E-state index contributed by atoms with van der Waals surface area (Å²) >= 11 is 0. The number of nitrogens with zero attached hydrogens (tertiary/aromatic N) is 2.